The van der Waals surface area contributed by atoms with Gasteiger partial charge < -0.3 is 4.74 Å². The van der Waals surface area contributed by atoms with Crippen molar-refractivity contribution < 1.29 is 4.74 Å². The average molecular weight is 537 g/mol. The zero-order valence-electron chi connectivity index (χ0n) is 23.2. The summed E-state index contributed by atoms with van der Waals surface area (Å²) in [5, 5.41) is 2.40. The van der Waals surface area contributed by atoms with Gasteiger partial charge in [-0.05, 0) is 92.6 Å². The number of rotatable bonds is 3. The lowest BCUT2D eigenvalue weighted by molar-refractivity contribution is 0.487. The molecule has 0 amide bonds. The van der Waals surface area contributed by atoms with Crippen LogP contribution in [0.1, 0.15) is 29.5 Å². The maximum atomic E-state index is 6.54. The van der Waals surface area contributed by atoms with Gasteiger partial charge in [0.05, 0.1) is 5.41 Å². The highest BCUT2D eigenvalue weighted by Gasteiger charge is 2.46. The van der Waals surface area contributed by atoms with Crippen LogP contribution in [0.5, 0.6) is 11.5 Å². The van der Waals surface area contributed by atoms with Crippen LogP contribution in [0.2, 0.25) is 0 Å². The monoisotopic (exact) mass is 536 g/mol. The number of hydrogen-bond donors (Lipinski definition) is 0. The van der Waals surface area contributed by atoms with Crippen molar-refractivity contribution in [3.63, 3.8) is 0 Å². The van der Waals surface area contributed by atoms with Crippen molar-refractivity contribution in [1.29, 1.82) is 0 Å². The molecule has 3 aliphatic rings. The molecule has 42 heavy (non-hydrogen) atoms. The van der Waals surface area contributed by atoms with Crippen molar-refractivity contribution in [1.82, 2.24) is 0 Å². The molecule has 9 rings (SSSR count). The third-order valence-electron chi connectivity index (χ3n) is 9.37. The molecule has 0 N–H and O–H groups in total. The molecule has 0 radical (unpaired) electrons. The molecule has 198 valence electrons. The smallest absolute Gasteiger partial charge is 0.135 e. The third kappa shape index (κ3) is 3.19. The van der Waals surface area contributed by atoms with E-state index in [0.29, 0.717) is 0 Å². The largest absolute Gasteiger partial charge is 0.456 e. The second-order valence-corrected chi connectivity index (χ2v) is 11.5. The summed E-state index contributed by atoms with van der Waals surface area (Å²) >= 11 is 0. The summed E-state index contributed by atoms with van der Waals surface area (Å²) in [6.07, 6.45) is 9.31. The summed E-state index contributed by atoms with van der Waals surface area (Å²) in [7, 11) is 0. The first kappa shape index (κ1) is 23.6. The van der Waals surface area contributed by atoms with Crippen LogP contribution in [0, 0.1) is 0 Å². The van der Waals surface area contributed by atoms with Gasteiger partial charge in [0.15, 0.2) is 0 Å². The number of allylic oxidation sites excluding steroid dienone is 4. The molecule has 0 spiro atoms. The minimum Gasteiger partial charge on any atom is -0.456 e. The van der Waals surface area contributed by atoms with E-state index in [1.807, 2.05) is 0 Å². The van der Waals surface area contributed by atoms with Crippen molar-refractivity contribution in [2.45, 2.75) is 18.3 Å². The molecule has 2 aliphatic carbocycles. The highest BCUT2D eigenvalue weighted by molar-refractivity contribution is 6.04. The topological polar surface area (TPSA) is 9.23 Å². The minimum absolute atomic E-state index is 0.362. The molecule has 6 aromatic carbocycles. The molecule has 1 nitrogen and oxygen atoms in total. The van der Waals surface area contributed by atoms with E-state index < -0.39 is 0 Å². The van der Waals surface area contributed by atoms with Crippen LogP contribution in [0.3, 0.4) is 0 Å². The SMILES string of the molecule is C1=CC(C2(c3ccccc3)c3ccccc3-c3ccc(-c4ccc5c(c4)Oc4cccc6cccc-5c46)cc32)=CCC1. The molecule has 1 atom stereocenters. The molecule has 0 saturated heterocycles. The quantitative estimate of drug-likeness (QED) is 0.218. The van der Waals surface area contributed by atoms with Crippen molar-refractivity contribution >= 4 is 10.8 Å². The van der Waals surface area contributed by atoms with E-state index in [4.69, 9.17) is 4.74 Å². The van der Waals surface area contributed by atoms with Gasteiger partial charge in [-0.15, -0.1) is 0 Å². The van der Waals surface area contributed by atoms with E-state index in [1.54, 1.807) is 0 Å². The van der Waals surface area contributed by atoms with Crippen LogP contribution in [0.4, 0.5) is 0 Å². The molecule has 1 heteroatoms. The molecule has 6 aromatic rings. The lowest BCUT2D eigenvalue weighted by Crippen LogP contribution is -2.29. The molecule has 1 aliphatic heterocycles. The Balaban J connectivity index is 1.26. The van der Waals surface area contributed by atoms with Crippen LogP contribution < -0.4 is 4.74 Å². The third-order valence-corrected chi connectivity index (χ3v) is 9.37. The van der Waals surface area contributed by atoms with E-state index in [0.717, 1.165) is 35.5 Å². The van der Waals surface area contributed by atoms with Crippen molar-refractivity contribution in [3.05, 3.63) is 168 Å². The Morgan fingerprint density at radius 1 is 0.524 bits per heavy atom. The predicted molar refractivity (Wildman–Crippen MR) is 173 cm³/mol. The zero-order chi connectivity index (χ0) is 27.7. The molecule has 0 fully saturated rings. The van der Waals surface area contributed by atoms with Crippen LogP contribution in [-0.2, 0) is 5.41 Å². The molecule has 1 unspecified atom stereocenters. The van der Waals surface area contributed by atoms with Gasteiger partial charge in [-0.2, -0.15) is 0 Å². The fourth-order valence-corrected chi connectivity index (χ4v) is 7.57. The first-order valence-corrected chi connectivity index (χ1v) is 14.8. The summed E-state index contributed by atoms with van der Waals surface area (Å²) in [6, 6.07) is 46.6. The summed E-state index contributed by atoms with van der Waals surface area (Å²) in [5.74, 6) is 1.84. The van der Waals surface area contributed by atoms with Gasteiger partial charge in [-0.1, -0.05) is 121 Å². The molecule has 0 aromatic heterocycles. The first-order valence-electron chi connectivity index (χ1n) is 14.8. The van der Waals surface area contributed by atoms with Gasteiger partial charge in [0.1, 0.15) is 11.5 Å². The van der Waals surface area contributed by atoms with Gasteiger partial charge in [0.25, 0.3) is 0 Å². The van der Waals surface area contributed by atoms with Gasteiger partial charge in [0.2, 0.25) is 0 Å². The van der Waals surface area contributed by atoms with Gasteiger partial charge in [0, 0.05) is 10.9 Å². The Bertz CT molecular complexity index is 2110. The van der Waals surface area contributed by atoms with Crippen LogP contribution in [-0.4, -0.2) is 0 Å². The Hall–Kier alpha value is -5.14. The summed E-state index contributed by atoms with van der Waals surface area (Å²) < 4.78 is 6.54. The van der Waals surface area contributed by atoms with Gasteiger partial charge >= 0.3 is 0 Å². The first-order chi connectivity index (χ1) is 20.8. The lowest BCUT2D eigenvalue weighted by atomic mass is 9.66. The van der Waals surface area contributed by atoms with Gasteiger partial charge in [-0.25, -0.2) is 0 Å². The Kier molecular flexibility index (Phi) is 5.01. The zero-order valence-corrected chi connectivity index (χ0v) is 23.2. The average Bonchev–Trinajstić information content (AvgIpc) is 3.36. The maximum absolute atomic E-state index is 6.54. The van der Waals surface area contributed by atoms with Crippen LogP contribution in [0.25, 0.3) is 44.2 Å². The molecule has 0 bridgehead atoms. The second kappa shape index (κ2) is 8.93. The fraction of sp³-hybridized carbons (Fsp3) is 0.0732. The second-order valence-electron chi connectivity index (χ2n) is 11.5. The number of hydrogen-bond acceptors (Lipinski definition) is 1. The Morgan fingerprint density at radius 2 is 1.26 bits per heavy atom. The number of ether oxygens (including phenoxy) is 1. The van der Waals surface area contributed by atoms with E-state index in [-0.39, 0.29) is 5.41 Å². The van der Waals surface area contributed by atoms with Crippen molar-refractivity contribution in [3.8, 4) is 44.9 Å². The normalized spacial score (nSPS) is 17.7. The Morgan fingerprint density at radius 3 is 2.12 bits per heavy atom. The van der Waals surface area contributed by atoms with Crippen LogP contribution in [0.15, 0.2) is 151 Å². The highest BCUT2D eigenvalue weighted by Crippen LogP contribution is 2.58. The van der Waals surface area contributed by atoms with E-state index in [1.165, 1.54) is 55.3 Å². The number of benzene rings is 6. The molecule has 0 saturated carbocycles. The molecular weight excluding hydrogens is 508 g/mol. The van der Waals surface area contributed by atoms with E-state index in [2.05, 4.69) is 146 Å². The fourth-order valence-electron chi connectivity index (χ4n) is 7.57. The van der Waals surface area contributed by atoms with E-state index in [9.17, 15) is 0 Å². The highest BCUT2D eigenvalue weighted by atomic mass is 16.5. The predicted octanol–water partition coefficient (Wildman–Crippen LogP) is 10.9. The Labute approximate surface area is 246 Å². The van der Waals surface area contributed by atoms with Crippen molar-refractivity contribution in [2.75, 3.05) is 0 Å². The summed E-state index contributed by atoms with van der Waals surface area (Å²) in [6.45, 7) is 0. The van der Waals surface area contributed by atoms with E-state index >= 15 is 0 Å². The van der Waals surface area contributed by atoms with Gasteiger partial charge in [-0.3, -0.25) is 0 Å². The standard InChI is InChI=1S/C41H28O/c1-3-13-30(14-4-1)41(31-15-5-2-6-16-31)36-19-8-7-17-32(36)33-23-21-28(25-37(33)41)29-22-24-34-35-18-9-11-27-12-10-20-38(40(27)35)42-39(34)26-29/h1,3-5,7-26H,2,6H2. The number of fused-ring (bicyclic) bond motifs is 5. The summed E-state index contributed by atoms with van der Waals surface area (Å²) in [4.78, 5) is 0. The maximum Gasteiger partial charge on any atom is 0.135 e. The lowest BCUT2D eigenvalue weighted by Gasteiger charge is -2.36. The minimum atomic E-state index is -0.362. The van der Waals surface area contributed by atoms with Crippen molar-refractivity contribution in [2.24, 2.45) is 0 Å². The molecular formula is C41H28O. The molecule has 1 heterocycles. The van der Waals surface area contributed by atoms with Crippen LogP contribution >= 0.6 is 0 Å². The summed E-state index contributed by atoms with van der Waals surface area (Å²) in [5.41, 5.74) is 12.4.